The predicted molar refractivity (Wildman–Crippen MR) is 95.8 cm³/mol. The first-order valence-corrected chi connectivity index (χ1v) is 8.88. The first-order chi connectivity index (χ1) is 14.2. The smallest absolute Gasteiger partial charge is 0.444 e. The maximum absolute atomic E-state index is 12.3. The van der Waals surface area contributed by atoms with E-state index in [9.17, 15) is 28.1 Å². The number of alkyl halides is 3. The average Bonchev–Trinajstić information content (AvgIpc) is 3.04. The number of halogens is 3. The van der Waals surface area contributed by atoms with Crippen LogP contribution in [0.3, 0.4) is 0 Å². The van der Waals surface area contributed by atoms with Gasteiger partial charge in [-0.1, -0.05) is 12.1 Å². The van der Waals surface area contributed by atoms with Gasteiger partial charge in [-0.3, -0.25) is 14.3 Å². The summed E-state index contributed by atoms with van der Waals surface area (Å²) in [5, 5.41) is 13.5. The van der Waals surface area contributed by atoms with E-state index in [0.29, 0.717) is 25.2 Å². The molecule has 0 unspecified atom stereocenters. The summed E-state index contributed by atoms with van der Waals surface area (Å²) in [7, 11) is 0. The van der Waals surface area contributed by atoms with Crippen molar-refractivity contribution in [2.75, 3.05) is 26.2 Å². The summed E-state index contributed by atoms with van der Waals surface area (Å²) in [6, 6.07) is 5.51. The van der Waals surface area contributed by atoms with Crippen LogP contribution in [0.2, 0.25) is 0 Å². The van der Waals surface area contributed by atoms with E-state index < -0.39 is 11.3 Å². The lowest BCUT2D eigenvalue weighted by molar-refractivity contribution is -0.389. The van der Waals surface area contributed by atoms with Gasteiger partial charge in [0.05, 0.1) is 6.54 Å². The van der Waals surface area contributed by atoms with Crippen LogP contribution in [0, 0.1) is 10.1 Å². The number of nitro groups is 1. The van der Waals surface area contributed by atoms with Crippen molar-refractivity contribution in [3.05, 3.63) is 46.1 Å². The van der Waals surface area contributed by atoms with Gasteiger partial charge < -0.3 is 24.9 Å². The third-order valence-electron chi connectivity index (χ3n) is 4.20. The molecule has 0 fully saturated rings. The molecule has 1 aliphatic heterocycles. The summed E-state index contributed by atoms with van der Waals surface area (Å²) < 4.78 is 47.7. The fourth-order valence-electron chi connectivity index (χ4n) is 2.85. The van der Waals surface area contributed by atoms with E-state index >= 15 is 0 Å². The number of rotatable bonds is 6. The zero-order valence-corrected chi connectivity index (χ0v) is 15.6. The molecule has 162 valence electrons. The summed E-state index contributed by atoms with van der Waals surface area (Å²) in [6.07, 6.45) is -3.51. The van der Waals surface area contributed by atoms with Crippen molar-refractivity contribution in [2.45, 2.75) is 19.5 Å². The number of imidazole rings is 1. The molecule has 0 aliphatic carbocycles. The summed E-state index contributed by atoms with van der Waals surface area (Å²) in [6.45, 7) is 1.46. The highest BCUT2D eigenvalue weighted by Crippen LogP contribution is 2.23. The zero-order chi connectivity index (χ0) is 21.7. The average molecular weight is 429 g/mol. The zero-order valence-electron chi connectivity index (χ0n) is 15.6. The Labute approximate surface area is 168 Å². The van der Waals surface area contributed by atoms with Crippen molar-refractivity contribution < 1.29 is 32.4 Å². The van der Waals surface area contributed by atoms with E-state index in [1.54, 1.807) is 11.0 Å². The van der Waals surface area contributed by atoms with E-state index in [4.69, 9.17) is 4.74 Å². The molecule has 2 heterocycles. The fourth-order valence-corrected chi connectivity index (χ4v) is 2.85. The Hall–Kier alpha value is -3.35. The van der Waals surface area contributed by atoms with Gasteiger partial charge in [0.25, 0.3) is 0 Å². The number of hydrogen-bond donors (Lipinski definition) is 1. The van der Waals surface area contributed by atoms with Crippen LogP contribution in [0.1, 0.15) is 5.56 Å². The third kappa shape index (κ3) is 6.07. The van der Waals surface area contributed by atoms with Gasteiger partial charge in [0.1, 0.15) is 18.6 Å². The Morgan fingerprint density at radius 2 is 2.13 bits per heavy atom. The molecule has 1 aromatic carbocycles. The molecule has 30 heavy (non-hydrogen) atoms. The number of nitrogens with one attached hydrogen (secondary N) is 1. The number of carbonyl (C=O) groups is 1. The number of fused-ring (bicyclic) bond motifs is 1. The highest BCUT2D eigenvalue weighted by atomic mass is 19.4. The van der Waals surface area contributed by atoms with Crippen molar-refractivity contribution in [3.8, 4) is 11.8 Å². The number of hydrogen-bond acceptors (Lipinski definition) is 7. The van der Waals surface area contributed by atoms with Gasteiger partial charge >= 0.3 is 18.2 Å². The monoisotopic (exact) mass is 429 g/mol. The number of aromatic nitrogens is 2. The molecule has 1 N–H and O–H groups in total. The number of amides is 1. The van der Waals surface area contributed by atoms with E-state index in [-0.39, 0.29) is 43.2 Å². The van der Waals surface area contributed by atoms with Gasteiger partial charge in [0.2, 0.25) is 5.91 Å². The lowest BCUT2D eigenvalue weighted by Gasteiger charge is -2.23. The standard InChI is InChI=1S/C17H18F3N5O5/c18-17(19,20)30-13-3-1-2-12(8-13)9-21-15(26)11-23-4-5-24-10-14(25(27)28)22-16(24)29-7-6-23/h1-3,8,10H,4-7,9,11H2,(H,21,26). The molecule has 0 spiro atoms. The largest absolute Gasteiger partial charge is 0.573 e. The minimum atomic E-state index is -4.79. The molecule has 0 atom stereocenters. The van der Waals surface area contributed by atoms with Crippen molar-refractivity contribution in [1.29, 1.82) is 0 Å². The molecule has 13 heteroatoms. The van der Waals surface area contributed by atoms with Gasteiger partial charge in [0.15, 0.2) is 0 Å². The van der Waals surface area contributed by atoms with Crippen LogP contribution in [0.4, 0.5) is 19.0 Å². The molecule has 0 saturated carbocycles. The van der Waals surface area contributed by atoms with Crippen LogP contribution in [-0.4, -0.2) is 57.9 Å². The number of nitrogens with zero attached hydrogens (tertiary/aromatic N) is 4. The van der Waals surface area contributed by atoms with Crippen LogP contribution in [-0.2, 0) is 17.9 Å². The maximum atomic E-state index is 12.3. The minimum absolute atomic E-state index is 0.0359. The molecule has 1 aliphatic rings. The van der Waals surface area contributed by atoms with Crippen LogP contribution in [0.5, 0.6) is 11.8 Å². The van der Waals surface area contributed by atoms with E-state index in [1.165, 1.54) is 29.0 Å². The van der Waals surface area contributed by atoms with Gasteiger partial charge in [0, 0.05) is 31.2 Å². The highest BCUT2D eigenvalue weighted by molar-refractivity contribution is 5.78. The molecular formula is C17H18F3N5O5. The summed E-state index contributed by atoms with van der Waals surface area (Å²) in [5.41, 5.74) is 0.455. The van der Waals surface area contributed by atoms with Crippen LogP contribution < -0.4 is 14.8 Å². The van der Waals surface area contributed by atoms with Crippen molar-refractivity contribution in [2.24, 2.45) is 0 Å². The fraction of sp³-hybridized carbons (Fsp3) is 0.412. The topological polar surface area (TPSA) is 112 Å². The second kappa shape index (κ2) is 8.98. The predicted octanol–water partition coefficient (Wildman–Crippen LogP) is 1.70. The first-order valence-electron chi connectivity index (χ1n) is 8.88. The van der Waals surface area contributed by atoms with Gasteiger partial charge in [-0.2, -0.15) is 0 Å². The quantitative estimate of drug-likeness (QED) is 0.550. The third-order valence-corrected chi connectivity index (χ3v) is 4.20. The lowest BCUT2D eigenvalue weighted by atomic mass is 10.2. The minimum Gasteiger partial charge on any atom is -0.444 e. The Kier molecular flexibility index (Phi) is 6.40. The highest BCUT2D eigenvalue weighted by Gasteiger charge is 2.31. The normalized spacial score (nSPS) is 14.8. The second-order valence-electron chi connectivity index (χ2n) is 6.43. The second-order valence-corrected chi connectivity index (χ2v) is 6.43. The molecule has 3 rings (SSSR count). The molecule has 0 radical (unpaired) electrons. The Balaban J connectivity index is 1.50. The number of ether oxygens (including phenoxy) is 2. The Bertz CT molecular complexity index is 917. The molecule has 10 nitrogen and oxygen atoms in total. The van der Waals surface area contributed by atoms with Crippen molar-refractivity contribution >= 4 is 11.7 Å². The van der Waals surface area contributed by atoms with Crippen molar-refractivity contribution in [1.82, 2.24) is 19.8 Å². The summed E-state index contributed by atoms with van der Waals surface area (Å²) >= 11 is 0. The molecule has 2 aromatic rings. The van der Waals surface area contributed by atoms with Crippen LogP contribution in [0.25, 0.3) is 0 Å². The Morgan fingerprint density at radius 1 is 1.33 bits per heavy atom. The molecule has 1 aromatic heterocycles. The molecular weight excluding hydrogens is 411 g/mol. The molecule has 0 bridgehead atoms. The molecule has 0 saturated heterocycles. The maximum Gasteiger partial charge on any atom is 0.573 e. The van der Waals surface area contributed by atoms with E-state index in [1.807, 2.05) is 0 Å². The lowest BCUT2D eigenvalue weighted by Crippen LogP contribution is -2.41. The van der Waals surface area contributed by atoms with Gasteiger partial charge in [-0.15, -0.1) is 13.2 Å². The summed E-state index contributed by atoms with van der Waals surface area (Å²) in [4.78, 5) is 28.0. The summed E-state index contributed by atoms with van der Waals surface area (Å²) in [5.74, 6) is -0.997. The van der Waals surface area contributed by atoms with Crippen LogP contribution >= 0.6 is 0 Å². The van der Waals surface area contributed by atoms with Crippen LogP contribution in [0.15, 0.2) is 30.5 Å². The Morgan fingerprint density at radius 3 is 2.87 bits per heavy atom. The number of carbonyl (C=O) groups excluding carboxylic acids is 1. The van der Waals surface area contributed by atoms with E-state index in [2.05, 4.69) is 15.0 Å². The number of benzene rings is 1. The van der Waals surface area contributed by atoms with Crippen molar-refractivity contribution in [3.63, 3.8) is 0 Å². The SMILES string of the molecule is O=C(CN1CCOc2nc([N+](=O)[O-])cn2CC1)NCc1cccc(OC(F)(F)F)c1. The first kappa shape index (κ1) is 21.4. The van der Waals surface area contributed by atoms with E-state index in [0.717, 1.165) is 0 Å². The van der Waals surface area contributed by atoms with Gasteiger partial charge in [-0.05, 0) is 22.6 Å². The van der Waals surface area contributed by atoms with Gasteiger partial charge in [-0.25, -0.2) is 0 Å². The molecule has 1 amide bonds.